The highest BCUT2D eigenvalue weighted by molar-refractivity contribution is 9.10. The monoisotopic (exact) mass is 297 g/mol. The minimum Gasteiger partial charge on any atom is -0.443 e. The normalized spacial score (nSPS) is 14.7. The molecule has 0 saturated carbocycles. The summed E-state index contributed by atoms with van der Waals surface area (Å²) in [5.41, 5.74) is 1.67. The molecule has 0 radical (unpaired) electrons. The molecule has 1 aliphatic rings. The standard InChI is InChI=1S/C13H16BrNO2/c1-13(2,3)17-12(16)15-8-7-9-5-4-6-10(14)11(9)15/h4-6H,7-8H2,1-3H3. The van der Waals surface area contributed by atoms with Crippen molar-refractivity contribution in [3.63, 3.8) is 0 Å². The Kier molecular flexibility index (Phi) is 3.17. The Bertz CT molecular complexity index is 451. The van der Waals surface area contributed by atoms with Gasteiger partial charge in [-0.3, -0.25) is 4.90 Å². The molecule has 0 spiro atoms. The number of nitrogens with zero attached hydrogens (tertiary/aromatic N) is 1. The van der Waals surface area contributed by atoms with E-state index in [2.05, 4.69) is 15.9 Å². The van der Waals surface area contributed by atoms with Gasteiger partial charge >= 0.3 is 6.09 Å². The van der Waals surface area contributed by atoms with Gasteiger partial charge in [0, 0.05) is 11.0 Å². The first-order valence-electron chi connectivity index (χ1n) is 5.66. The summed E-state index contributed by atoms with van der Waals surface area (Å²) in [5, 5.41) is 0. The molecule has 1 amide bonds. The van der Waals surface area contributed by atoms with E-state index in [1.165, 1.54) is 5.56 Å². The van der Waals surface area contributed by atoms with E-state index >= 15 is 0 Å². The van der Waals surface area contributed by atoms with Crippen LogP contribution in [0.1, 0.15) is 26.3 Å². The molecule has 0 atom stereocenters. The molecule has 1 heterocycles. The number of benzene rings is 1. The molecule has 4 heteroatoms. The number of carbonyl (C=O) groups is 1. The fourth-order valence-corrected chi connectivity index (χ4v) is 2.53. The summed E-state index contributed by atoms with van der Waals surface area (Å²) >= 11 is 3.49. The Morgan fingerprint density at radius 1 is 1.41 bits per heavy atom. The van der Waals surface area contributed by atoms with Gasteiger partial charge in [-0.1, -0.05) is 12.1 Å². The third-order valence-electron chi connectivity index (χ3n) is 2.56. The maximum atomic E-state index is 12.1. The van der Waals surface area contributed by atoms with Gasteiger partial charge < -0.3 is 4.74 Å². The molecule has 0 aromatic heterocycles. The number of anilines is 1. The van der Waals surface area contributed by atoms with Crippen LogP contribution >= 0.6 is 15.9 Å². The third-order valence-corrected chi connectivity index (χ3v) is 3.20. The summed E-state index contributed by atoms with van der Waals surface area (Å²) in [6.07, 6.45) is 0.608. The lowest BCUT2D eigenvalue weighted by molar-refractivity contribution is 0.0584. The third kappa shape index (κ3) is 2.63. The molecule has 0 unspecified atom stereocenters. The van der Waals surface area contributed by atoms with E-state index in [0.29, 0.717) is 6.54 Å². The second kappa shape index (κ2) is 4.33. The molecule has 0 aliphatic carbocycles. The van der Waals surface area contributed by atoms with Crippen LogP contribution in [-0.4, -0.2) is 18.2 Å². The highest BCUT2D eigenvalue weighted by Crippen LogP contribution is 2.35. The van der Waals surface area contributed by atoms with Crippen molar-refractivity contribution in [2.45, 2.75) is 32.8 Å². The first-order valence-corrected chi connectivity index (χ1v) is 6.46. The van der Waals surface area contributed by atoms with Gasteiger partial charge in [-0.15, -0.1) is 0 Å². The molecule has 2 rings (SSSR count). The van der Waals surface area contributed by atoms with E-state index in [-0.39, 0.29) is 6.09 Å². The largest absolute Gasteiger partial charge is 0.443 e. The summed E-state index contributed by atoms with van der Waals surface area (Å²) in [5.74, 6) is 0. The van der Waals surface area contributed by atoms with Crippen molar-refractivity contribution in [1.82, 2.24) is 0 Å². The lowest BCUT2D eigenvalue weighted by Gasteiger charge is -2.25. The number of halogens is 1. The Balaban J connectivity index is 2.25. The van der Waals surface area contributed by atoms with Crippen molar-refractivity contribution in [2.75, 3.05) is 11.4 Å². The number of rotatable bonds is 0. The van der Waals surface area contributed by atoms with E-state index in [1.807, 2.05) is 39.0 Å². The van der Waals surface area contributed by atoms with Crippen LogP contribution in [0.5, 0.6) is 0 Å². The molecule has 0 bridgehead atoms. The molecule has 92 valence electrons. The zero-order valence-corrected chi connectivity index (χ0v) is 11.9. The SMILES string of the molecule is CC(C)(C)OC(=O)N1CCc2cccc(Br)c21. The molecule has 3 nitrogen and oxygen atoms in total. The molecule has 0 N–H and O–H groups in total. The number of hydrogen-bond donors (Lipinski definition) is 0. The predicted molar refractivity (Wildman–Crippen MR) is 71.4 cm³/mol. The zero-order chi connectivity index (χ0) is 12.6. The summed E-state index contributed by atoms with van der Waals surface area (Å²) in [6, 6.07) is 5.98. The minimum absolute atomic E-state index is 0.275. The Labute approximate surface area is 110 Å². The lowest BCUT2D eigenvalue weighted by Crippen LogP contribution is -2.35. The molecular weight excluding hydrogens is 282 g/mol. The second-order valence-electron chi connectivity index (χ2n) is 5.13. The van der Waals surface area contributed by atoms with E-state index in [9.17, 15) is 4.79 Å². The topological polar surface area (TPSA) is 29.5 Å². The summed E-state index contributed by atoms with van der Waals surface area (Å²) < 4.78 is 6.34. The van der Waals surface area contributed by atoms with E-state index in [0.717, 1.165) is 16.6 Å². The van der Waals surface area contributed by atoms with Gasteiger partial charge in [0.2, 0.25) is 0 Å². The number of para-hydroxylation sites is 1. The van der Waals surface area contributed by atoms with E-state index < -0.39 is 5.60 Å². The smallest absolute Gasteiger partial charge is 0.414 e. The number of amides is 1. The van der Waals surface area contributed by atoms with Crippen LogP contribution in [0.25, 0.3) is 0 Å². The van der Waals surface area contributed by atoms with Gasteiger partial charge in [0.15, 0.2) is 0 Å². The Hall–Kier alpha value is -1.03. The number of fused-ring (bicyclic) bond motifs is 1. The van der Waals surface area contributed by atoms with Crippen LogP contribution in [0.3, 0.4) is 0 Å². The van der Waals surface area contributed by atoms with Crippen molar-refractivity contribution < 1.29 is 9.53 Å². The van der Waals surface area contributed by atoms with Gasteiger partial charge in [0.25, 0.3) is 0 Å². The highest BCUT2D eigenvalue weighted by Gasteiger charge is 2.30. The van der Waals surface area contributed by atoms with Gasteiger partial charge in [0.05, 0.1) is 5.69 Å². The lowest BCUT2D eigenvalue weighted by atomic mass is 10.2. The Morgan fingerprint density at radius 2 is 2.12 bits per heavy atom. The zero-order valence-electron chi connectivity index (χ0n) is 10.3. The van der Waals surface area contributed by atoms with Gasteiger partial charge in [-0.25, -0.2) is 4.79 Å². The summed E-state index contributed by atoms with van der Waals surface area (Å²) in [6.45, 7) is 6.32. The summed E-state index contributed by atoms with van der Waals surface area (Å²) in [7, 11) is 0. The van der Waals surface area contributed by atoms with Gasteiger partial charge in [-0.2, -0.15) is 0 Å². The van der Waals surface area contributed by atoms with Crippen molar-refractivity contribution in [2.24, 2.45) is 0 Å². The molecule has 0 fully saturated rings. The van der Waals surface area contributed by atoms with Crippen molar-refractivity contribution in [1.29, 1.82) is 0 Å². The Morgan fingerprint density at radius 3 is 2.76 bits per heavy atom. The van der Waals surface area contributed by atoms with E-state index in [1.54, 1.807) is 4.90 Å². The first kappa shape index (κ1) is 12.4. The molecule has 1 aromatic carbocycles. The number of ether oxygens (including phenoxy) is 1. The fraction of sp³-hybridized carbons (Fsp3) is 0.462. The molecule has 17 heavy (non-hydrogen) atoms. The predicted octanol–water partition coefficient (Wildman–Crippen LogP) is 3.75. The van der Waals surface area contributed by atoms with Crippen LogP contribution < -0.4 is 4.90 Å². The van der Waals surface area contributed by atoms with Gasteiger partial charge in [-0.05, 0) is 54.8 Å². The number of hydrogen-bond acceptors (Lipinski definition) is 2. The maximum absolute atomic E-state index is 12.1. The van der Waals surface area contributed by atoms with Crippen molar-refractivity contribution >= 4 is 27.7 Å². The molecule has 1 aliphatic heterocycles. The van der Waals surface area contributed by atoms with Crippen LogP contribution in [0.2, 0.25) is 0 Å². The molecule has 0 saturated heterocycles. The quantitative estimate of drug-likeness (QED) is 0.730. The fourth-order valence-electron chi connectivity index (χ4n) is 1.91. The molecule has 1 aromatic rings. The van der Waals surface area contributed by atoms with Crippen LogP contribution in [0, 0.1) is 0 Å². The van der Waals surface area contributed by atoms with Crippen molar-refractivity contribution in [3.05, 3.63) is 28.2 Å². The highest BCUT2D eigenvalue weighted by atomic mass is 79.9. The number of carbonyl (C=O) groups excluding carboxylic acids is 1. The minimum atomic E-state index is -0.457. The second-order valence-corrected chi connectivity index (χ2v) is 5.98. The van der Waals surface area contributed by atoms with Crippen LogP contribution in [0.15, 0.2) is 22.7 Å². The van der Waals surface area contributed by atoms with E-state index in [4.69, 9.17) is 4.74 Å². The molecular formula is C13H16BrNO2. The van der Waals surface area contributed by atoms with Gasteiger partial charge in [0.1, 0.15) is 5.60 Å². The maximum Gasteiger partial charge on any atom is 0.414 e. The first-order chi connectivity index (χ1) is 7.88. The average molecular weight is 298 g/mol. The van der Waals surface area contributed by atoms with Crippen LogP contribution in [-0.2, 0) is 11.2 Å². The van der Waals surface area contributed by atoms with Crippen LogP contribution in [0.4, 0.5) is 10.5 Å². The van der Waals surface area contributed by atoms with Crippen molar-refractivity contribution in [3.8, 4) is 0 Å². The summed E-state index contributed by atoms with van der Waals surface area (Å²) in [4.78, 5) is 13.8. The average Bonchev–Trinajstić information content (AvgIpc) is 2.60.